The molecule has 3 nitrogen and oxygen atoms in total. The Morgan fingerprint density at radius 2 is 1.68 bits per heavy atom. The monoisotopic (exact) mass is 372 g/mol. The fourth-order valence-electron chi connectivity index (χ4n) is 3.23. The summed E-state index contributed by atoms with van der Waals surface area (Å²) in [6.45, 7) is 1.58. The molecule has 0 radical (unpaired) electrons. The van der Waals surface area contributed by atoms with E-state index in [0.717, 1.165) is 53.7 Å². The van der Waals surface area contributed by atoms with Gasteiger partial charge in [0.15, 0.2) is 0 Å². The Bertz CT molecular complexity index is 868. The minimum atomic E-state index is 0.420. The molecule has 1 fully saturated rings. The number of hydrogen-bond donors (Lipinski definition) is 0. The minimum absolute atomic E-state index is 0.420. The number of para-hydroxylation sites is 1. The van der Waals surface area contributed by atoms with Gasteiger partial charge in [0.1, 0.15) is 0 Å². The van der Waals surface area contributed by atoms with Crippen molar-refractivity contribution in [3.05, 3.63) is 70.3 Å². The Morgan fingerprint density at radius 1 is 0.960 bits per heavy atom. The van der Waals surface area contributed by atoms with Crippen LogP contribution in [0.25, 0.3) is 16.9 Å². The summed E-state index contributed by atoms with van der Waals surface area (Å²) in [5, 5.41) is 6.31. The van der Waals surface area contributed by atoms with Crippen LogP contribution in [0.2, 0.25) is 10.0 Å². The Kier molecular flexibility index (Phi) is 4.80. The third-order valence-electron chi connectivity index (χ3n) is 4.59. The lowest BCUT2D eigenvalue weighted by Gasteiger charge is -2.19. The van der Waals surface area contributed by atoms with E-state index in [1.165, 1.54) is 0 Å². The zero-order valence-corrected chi connectivity index (χ0v) is 15.2. The van der Waals surface area contributed by atoms with Crippen molar-refractivity contribution in [2.24, 2.45) is 0 Å². The number of ether oxygens (including phenoxy) is 1. The standard InChI is InChI=1S/C20H18Cl2N2O/c21-16-7-5-15(6-8-16)20-13-18(14-9-11-25-12-10-14)23-24(20)19-4-2-1-3-17(19)22/h1-8,13-14H,9-12H2. The highest BCUT2D eigenvalue weighted by Gasteiger charge is 2.22. The van der Waals surface area contributed by atoms with Crippen LogP contribution in [0, 0.1) is 0 Å². The van der Waals surface area contributed by atoms with Crippen LogP contribution in [0.5, 0.6) is 0 Å². The summed E-state index contributed by atoms with van der Waals surface area (Å²) < 4.78 is 7.43. The number of rotatable bonds is 3. The van der Waals surface area contributed by atoms with Crippen LogP contribution in [0.15, 0.2) is 54.6 Å². The minimum Gasteiger partial charge on any atom is -0.381 e. The molecule has 1 aromatic heterocycles. The van der Waals surface area contributed by atoms with Crippen LogP contribution in [-0.2, 0) is 4.74 Å². The van der Waals surface area contributed by atoms with Crippen LogP contribution in [-0.4, -0.2) is 23.0 Å². The zero-order chi connectivity index (χ0) is 17.2. The molecule has 0 saturated carbocycles. The maximum Gasteiger partial charge on any atom is 0.0839 e. The number of aromatic nitrogens is 2. The lowest BCUT2D eigenvalue weighted by atomic mass is 9.96. The van der Waals surface area contributed by atoms with Crippen molar-refractivity contribution < 1.29 is 4.74 Å². The molecule has 0 N–H and O–H groups in total. The molecule has 0 bridgehead atoms. The van der Waals surface area contributed by atoms with Crippen LogP contribution < -0.4 is 0 Å². The van der Waals surface area contributed by atoms with E-state index in [9.17, 15) is 0 Å². The van der Waals surface area contributed by atoms with Crippen molar-refractivity contribution in [3.8, 4) is 16.9 Å². The molecule has 0 unspecified atom stereocenters. The molecular weight excluding hydrogens is 355 g/mol. The molecule has 3 aromatic rings. The predicted molar refractivity (Wildman–Crippen MR) is 102 cm³/mol. The highest BCUT2D eigenvalue weighted by molar-refractivity contribution is 6.32. The largest absolute Gasteiger partial charge is 0.381 e. The predicted octanol–water partition coefficient (Wildman–Crippen LogP) is 5.74. The highest BCUT2D eigenvalue weighted by Crippen LogP contribution is 2.33. The van der Waals surface area contributed by atoms with Gasteiger partial charge in [0.05, 0.1) is 22.1 Å². The van der Waals surface area contributed by atoms with Gasteiger partial charge in [-0.2, -0.15) is 5.10 Å². The number of hydrogen-bond acceptors (Lipinski definition) is 2. The first-order valence-electron chi connectivity index (χ1n) is 8.41. The van der Waals surface area contributed by atoms with Gasteiger partial charge in [0.2, 0.25) is 0 Å². The smallest absolute Gasteiger partial charge is 0.0839 e. The van der Waals surface area contributed by atoms with E-state index in [1.807, 2.05) is 53.2 Å². The van der Waals surface area contributed by atoms with E-state index in [1.54, 1.807) is 0 Å². The molecule has 0 amide bonds. The fourth-order valence-corrected chi connectivity index (χ4v) is 3.57. The molecule has 5 heteroatoms. The SMILES string of the molecule is Clc1ccc(-c2cc(C3CCOCC3)nn2-c2ccccc2Cl)cc1. The first kappa shape index (κ1) is 16.6. The first-order chi connectivity index (χ1) is 12.2. The molecule has 4 rings (SSSR count). The highest BCUT2D eigenvalue weighted by atomic mass is 35.5. The van der Waals surface area contributed by atoms with Gasteiger partial charge in [0, 0.05) is 29.7 Å². The van der Waals surface area contributed by atoms with Crippen molar-refractivity contribution >= 4 is 23.2 Å². The summed E-state index contributed by atoms with van der Waals surface area (Å²) in [6, 6.07) is 17.8. The number of benzene rings is 2. The molecule has 1 saturated heterocycles. The van der Waals surface area contributed by atoms with Crippen LogP contribution in [0.4, 0.5) is 0 Å². The molecule has 2 heterocycles. The molecule has 128 valence electrons. The summed E-state index contributed by atoms with van der Waals surface area (Å²) in [5.74, 6) is 0.420. The summed E-state index contributed by atoms with van der Waals surface area (Å²) >= 11 is 12.5. The first-order valence-corrected chi connectivity index (χ1v) is 9.16. The van der Waals surface area contributed by atoms with E-state index in [-0.39, 0.29) is 0 Å². The molecule has 0 aliphatic carbocycles. The third-order valence-corrected chi connectivity index (χ3v) is 5.16. The van der Waals surface area contributed by atoms with Crippen molar-refractivity contribution in [2.75, 3.05) is 13.2 Å². The molecule has 25 heavy (non-hydrogen) atoms. The van der Waals surface area contributed by atoms with E-state index >= 15 is 0 Å². The van der Waals surface area contributed by atoms with Crippen molar-refractivity contribution in [1.82, 2.24) is 9.78 Å². The van der Waals surface area contributed by atoms with Gasteiger partial charge in [0.25, 0.3) is 0 Å². The Labute approximate surface area is 157 Å². The molecule has 2 aromatic carbocycles. The Balaban J connectivity index is 1.84. The van der Waals surface area contributed by atoms with Gasteiger partial charge in [-0.1, -0.05) is 47.5 Å². The maximum absolute atomic E-state index is 6.44. The average Bonchev–Trinajstić information content (AvgIpc) is 3.09. The summed E-state index contributed by atoms with van der Waals surface area (Å²) in [7, 11) is 0. The molecule has 1 aliphatic rings. The van der Waals surface area contributed by atoms with Crippen LogP contribution in [0.1, 0.15) is 24.5 Å². The number of nitrogens with zero attached hydrogens (tertiary/aromatic N) is 2. The van der Waals surface area contributed by atoms with Crippen LogP contribution in [0.3, 0.4) is 0 Å². The molecule has 0 spiro atoms. The molecule has 1 aliphatic heterocycles. The van der Waals surface area contributed by atoms with Crippen molar-refractivity contribution in [1.29, 1.82) is 0 Å². The normalized spacial score (nSPS) is 15.4. The quantitative estimate of drug-likeness (QED) is 0.585. The summed E-state index contributed by atoms with van der Waals surface area (Å²) in [5.41, 5.74) is 4.06. The topological polar surface area (TPSA) is 27.1 Å². The number of halogens is 2. The average molecular weight is 373 g/mol. The summed E-state index contributed by atoms with van der Waals surface area (Å²) in [4.78, 5) is 0. The Morgan fingerprint density at radius 3 is 2.40 bits per heavy atom. The zero-order valence-electron chi connectivity index (χ0n) is 13.7. The van der Waals surface area contributed by atoms with Gasteiger partial charge < -0.3 is 4.74 Å². The van der Waals surface area contributed by atoms with E-state index in [2.05, 4.69) is 6.07 Å². The van der Waals surface area contributed by atoms with E-state index < -0.39 is 0 Å². The molecule has 0 atom stereocenters. The van der Waals surface area contributed by atoms with Gasteiger partial charge in [-0.25, -0.2) is 4.68 Å². The Hall–Kier alpha value is -1.81. The lowest BCUT2D eigenvalue weighted by molar-refractivity contribution is 0.0844. The van der Waals surface area contributed by atoms with Gasteiger partial charge in [-0.05, 0) is 43.2 Å². The molecular formula is C20H18Cl2N2O. The lowest BCUT2D eigenvalue weighted by Crippen LogP contribution is -2.14. The van der Waals surface area contributed by atoms with Gasteiger partial charge in [-0.3, -0.25) is 0 Å². The van der Waals surface area contributed by atoms with E-state index in [4.69, 9.17) is 33.0 Å². The van der Waals surface area contributed by atoms with Gasteiger partial charge >= 0.3 is 0 Å². The van der Waals surface area contributed by atoms with Crippen LogP contribution >= 0.6 is 23.2 Å². The second-order valence-corrected chi connectivity index (χ2v) is 7.05. The maximum atomic E-state index is 6.44. The van der Waals surface area contributed by atoms with Gasteiger partial charge in [-0.15, -0.1) is 0 Å². The van der Waals surface area contributed by atoms with E-state index in [0.29, 0.717) is 10.9 Å². The van der Waals surface area contributed by atoms with Crippen molar-refractivity contribution in [3.63, 3.8) is 0 Å². The third kappa shape index (κ3) is 3.45. The summed E-state index contributed by atoms with van der Waals surface area (Å²) in [6.07, 6.45) is 2.00. The second-order valence-electron chi connectivity index (χ2n) is 6.21. The fraction of sp³-hybridized carbons (Fsp3) is 0.250. The second kappa shape index (κ2) is 7.20. The van der Waals surface area contributed by atoms with Crippen molar-refractivity contribution in [2.45, 2.75) is 18.8 Å².